The summed E-state index contributed by atoms with van der Waals surface area (Å²) in [4.78, 5) is 4.71. The molecule has 0 aliphatic heterocycles. The van der Waals surface area contributed by atoms with Gasteiger partial charge in [-0.3, -0.25) is 11.3 Å². The molecule has 1 atom stereocenters. The molecule has 3 N–H and O–H groups in total. The maximum Gasteiger partial charge on any atom is 0.0948 e. The summed E-state index contributed by atoms with van der Waals surface area (Å²) in [6.45, 7) is 6.55. The number of nitrogens with zero attached hydrogens (tertiary/aromatic N) is 1. The van der Waals surface area contributed by atoms with Crippen molar-refractivity contribution in [1.82, 2.24) is 10.4 Å². The smallest absolute Gasteiger partial charge is 0.0948 e. The predicted molar refractivity (Wildman–Crippen MR) is 78.9 cm³/mol. The molecule has 0 saturated carbocycles. The van der Waals surface area contributed by atoms with E-state index in [4.69, 9.17) is 10.8 Å². The van der Waals surface area contributed by atoms with Gasteiger partial charge in [-0.2, -0.15) is 11.3 Å². The Kier molecular flexibility index (Phi) is 4.17. The highest BCUT2D eigenvalue weighted by atomic mass is 32.1. The molecule has 0 saturated heterocycles. The molecule has 18 heavy (non-hydrogen) atoms. The van der Waals surface area contributed by atoms with E-state index in [-0.39, 0.29) is 11.5 Å². The molecule has 3 nitrogen and oxygen atoms in total. The molecule has 0 fully saturated rings. The van der Waals surface area contributed by atoms with Crippen molar-refractivity contribution in [3.63, 3.8) is 0 Å². The highest BCUT2D eigenvalue weighted by molar-refractivity contribution is 7.09. The minimum atomic E-state index is 0.114. The van der Waals surface area contributed by atoms with Gasteiger partial charge in [-0.25, -0.2) is 4.98 Å². The third-order valence-corrected chi connectivity index (χ3v) is 4.42. The molecule has 98 valence electrons. The van der Waals surface area contributed by atoms with Gasteiger partial charge in [-0.05, 0) is 22.4 Å². The normalized spacial score (nSPS) is 13.8. The molecular weight excluding hydrogens is 262 g/mol. The largest absolute Gasteiger partial charge is 0.271 e. The highest BCUT2D eigenvalue weighted by Crippen LogP contribution is 2.27. The average Bonchev–Trinajstić information content (AvgIpc) is 2.95. The first kappa shape index (κ1) is 13.7. The van der Waals surface area contributed by atoms with Crippen LogP contribution in [0.15, 0.2) is 22.2 Å². The summed E-state index contributed by atoms with van der Waals surface area (Å²) in [5.74, 6) is 5.64. The van der Waals surface area contributed by atoms with Gasteiger partial charge in [0.1, 0.15) is 0 Å². The number of hydrogen-bond donors (Lipinski definition) is 2. The quantitative estimate of drug-likeness (QED) is 0.668. The lowest BCUT2D eigenvalue weighted by atomic mass is 9.93. The topological polar surface area (TPSA) is 50.9 Å². The van der Waals surface area contributed by atoms with Crippen LogP contribution in [0.5, 0.6) is 0 Å². The van der Waals surface area contributed by atoms with Crippen molar-refractivity contribution in [3.05, 3.63) is 38.5 Å². The number of thiophene rings is 1. The highest BCUT2D eigenvalue weighted by Gasteiger charge is 2.19. The van der Waals surface area contributed by atoms with Gasteiger partial charge >= 0.3 is 0 Å². The van der Waals surface area contributed by atoms with Gasteiger partial charge in [0, 0.05) is 17.2 Å². The second kappa shape index (κ2) is 5.48. The van der Waals surface area contributed by atoms with E-state index in [0.29, 0.717) is 0 Å². The van der Waals surface area contributed by atoms with Crippen molar-refractivity contribution < 1.29 is 0 Å². The lowest BCUT2D eigenvalue weighted by Gasteiger charge is -2.15. The monoisotopic (exact) mass is 281 g/mol. The van der Waals surface area contributed by atoms with Gasteiger partial charge < -0.3 is 0 Å². The minimum Gasteiger partial charge on any atom is -0.271 e. The molecule has 2 aromatic heterocycles. The van der Waals surface area contributed by atoms with Crippen molar-refractivity contribution in [2.45, 2.75) is 38.6 Å². The van der Waals surface area contributed by atoms with Crippen LogP contribution in [0.3, 0.4) is 0 Å². The fourth-order valence-electron chi connectivity index (χ4n) is 1.67. The van der Waals surface area contributed by atoms with Crippen LogP contribution < -0.4 is 11.3 Å². The maximum atomic E-state index is 5.64. The summed E-state index contributed by atoms with van der Waals surface area (Å²) in [6.07, 6.45) is 0.841. The van der Waals surface area contributed by atoms with E-state index >= 15 is 0 Å². The van der Waals surface area contributed by atoms with Crippen LogP contribution >= 0.6 is 22.7 Å². The summed E-state index contributed by atoms with van der Waals surface area (Å²) >= 11 is 3.40. The van der Waals surface area contributed by atoms with E-state index in [0.717, 1.165) is 17.1 Å². The molecule has 5 heteroatoms. The maximum absolute atomic E-state index is 5.64. The van der Waals surface area contributed by atoms with E-state index in [1.807, 2.05) is 0 Å². The van der Waals surface area contributed by atoms with E-state index < -0.39 is 0 Å². The number of nitrogens with two attached hydrogens (primary N) is 1. The summed E-state index contributed by atoms with van der Waals surface area (Å²) in [5, 5.41) is 7.48. The molecule has 1 unspecified atom stereocenters. The van der Waals surface area contributed by atoms with Crippen LogP contribution in [0.2, 0.25) is 0 Å². The van der Waals surface area contributed by atoms with Gasteiger partial charge in [0.25, 0.3) is 0 Å². The molecule has 0 aliphatic carbocycles. The molecule has 0 spiro atoms. The summed E-state index contributed by atoms with van der Waals surface area (Å²) < 4.78 is 0. The van der Waals surface area contributed by atoms with Gasteiger partial charge in [0.2, 0.25) is 0 Å². The SMILES string of the molecule is CC(C)(C)c1csc(CC(NN)c2ccsc2)n1. The molecule has 0 bridgehead atoms. The minimum absolute atomic E-state index is 0.114. The molecule has 2 heterocycles. The van der Waals surface area contributed by atoms with E-state index in [9.17, 15) is 0 Å². The number of rotatable bonds is 4. The van der Waals surface area contributed by atoms with Crippen molar-refractivity contribution in [2.75, 3.05) is 0 Å². The third kappa shape index (κ3) is 3.17. The Morgan fingerprint density at radius 1 is 1.39 bits per heavy atom. The Morgan fingerprint density at radius 3 is 2.67 bits per heavy atom. The zero-order valence-corrected chi connectivity index (χ0v) is 12.6. The molecule has 0 radical (unpaired) electrons. The molecule has 0 amide bonds. The van der Waals surface area contributed by atoms with Crippen LogP contribution in [-0.2, 0) is 11.8 Å². The van der Waals surface area contributed by atoms with Crippen molar-refractivity contribution in [3.8, 4) is 0 Å². The summed E-state index contributed by atoms with van der Waals surface area (Å²) in [7, 11) is 0. The van der Waals surface area contributed by atoms with Crippen LogP contribution in [0.25, 0.3) is 0 Å². The lowest BCUT2D eigenvalue weighted by molar-refractivity contribution is 0.542. The third-order valence-electron chi connectivity index (χ3n) is 2.85. The molecular formula is C13H19N3S2. The van der Waals surface area contributed by atoms with Gasteiger partial charge in [0.15, 0.2) is 0 Å². The number of hydrazine groups is 1. The fraction of sp³-hybridized carbons (Fsp3) is 0.462. The van der Waals surface area contributed by atoms with Crippen LogP contribution in [0.1, 0.15) is 43.1 Å². The van der Waals surface area contributed by atoms with Crippen LogP contribution in [0.4, 0.5) is 0 Å². The number of thiazole rings is 1. The number of aromatic nitrogens is 1. The Hall–Kier alpha value is -0.750. The first-order valence-electron chi connectivity index (χ1n) is 5.94. The summed E-state index contributed by atoms with van der Waals surface area (Å²) in [5.41, 5.74) is 5.38. The molecule has 2 aromatic rings. The predicted octanol–water partition coefficient (Wildman–Crippen LogP) is 3.25. The number of hydrogen-bond acceptors (Lipinski definition) is 5. The summed E-state index contributed by atoms with van der Waals surface area (Å²) in [6, 6.07) is 2.25. The first-order chi connectivity index (χ1) is 8.50. The van der Waals surface area contributed by atoms with E-state index in [2.05, 4.69) is 48.4 Å². The Labute approximate surface area is 116 Å². The Bertz CT molecular complexity index is 483. The standard InChI is InChI=1S/C13H19N3S2/c1-13(2,3)11-8-18-12(15-11)6-10(16-14)9-4-5-17-7-9/h4-5,7-8,10,16H,6,14H2,1-3H3. The zero-order valence-electron chi connectivity index (χ0n) is 10.9. The zero-order chi connectivity index (χ0) is 13.2. The van der Waals surface area contributed by atoms with Gasteiger partial charge in [-0.1, -0.05) is 20.8 Å². The molecule has 2 rings (SSSR count). The Morgan fingerprint density at radius 2 is 2.17 bits per heavy atom. The number of nitrogens with one attached hydrogen (secondary N) is 1. The molecule has 0 aliphatic rings. The van der Waals surface area contributed by atoms with Crippen LogP contribution in [0, 0.1) is 0 Å². The van der Waals surface area contributed by atoms with Crippen molar-refractivity contribution >= 4 is 22.7 Å². The lowest BCUT2D eigenvalue weighted by Crippen LogP contribution is -2.29. The first-order valence-corrected chi connectivity index (χ1v) is 7.76. The fourth-order valence-corrected chi connectivity index (χ4v) is 3.45. The van der Waals surface area contributed by atoms with E-state index in [1.54, 1.807) is 22.7 Å². The van der Waals surface area contributed by atoms with Gasteiger partial charge in [-0.15, -0.1) is 11.3 Å². The van der Waals surface area contributed by atoms with Crippen molar-refractivity contribution in [2.24, 2.45) is 5.84 Å². The van der Waals surface area contributed by atoms with Crippen LogP contribution in [-0.4, -0.2) is 4.98 Å². The average molecular weight is 281 g/mol. The van der Waals surface area contributed by atoms with Gasteiger partial charge in [0.05, 0.1) is 16.7 Å². The van der Waals surface area contributed by atoms with Crippen molar-refractivity contribution in [1.29, 1.82) is 0 Å². The second-order valence-corrected chi connectivity index (χ2v) is 7.08. The molecule has 0 aromatic carbocycles. The Balaban J connectivity index is 2.11. The van der Waals surface area contributed by atoms with E-state index in [1.165, 1.54) is 5.56 Å². The second-order valence-electron chi connectivity index (χ2n) is 5.36.